The lowest BCUT2D eigenvalue weighted by atomic mass is 9.84. The second-order valence-electron chi connectivity index (χ2n) is 8.11. The first kappa shape index (κ1) is 20.3. The number of esters is 1. The summed E-state index contributed by atoms with van der Waals surface area (Å²) < 4.78 is 5.17. The third kappa shape index (κ3) is 6.02. The van der Waals surface area contributed by atoms with E-state index in [1.807, 2.05) is 0 Å². The number of thioether (sulfide) groups is 1. The average molecular weight is 344 g/mol. The molecular weight excluding hydrogens is 310 g/mol. The minimum atomic E-state index is -0.429. The minimum absolute atomic E-state index is 0.0683. The molecular formula is C18H33NO3S. The molecule has 1 rings (SSSR count). The molecule has 134 valence electrons. The van der Waals surface area contributed by atoms with Crippen molar-refractivity contribution in [2.45, 2.75) is 72.7 Å². The molecule has 0 aromatic carbocycles. The Morgan fingerprint density at radius 2 is 1.87 bits per heavy atom. The molecule has 0 bridgehead atoms. The summed E-state index contributed by atoms with van der Waals surface area (Å²) >= 11 is 1.69. The Labute approximate surface area is 145 Å². The van der Waals surface area contributed by atoms with E-state index in [9.17, 15) is 9.59 Å². The first-order valence-electron chi connectivity index (χ1n) is 8.66. The van der Waals surface area contributed by atoms with Gasteiger partial charge in [0.15, 0.2) is 0 Å². The molecule has 3 atom stereocenters. The van der Waals surface area contributed by atoms with Crippen molar-refractivity contribution in [1.29, 1.82) is 0 Å². The topological polar surface area (TPSA) is 46.6 Å². The van der Waals surface area contributed by atoms with Crippen LogP contribution in [0.2, 0.25) is 0 Å². The molecule has 0 aromatic rings. The Balaban J connectivity index is 2.83. The Morgan fingerprint density at radius 3 is 2.35 bits per heavy atom. The standard InChI is InChI=1S/C18H33NO3S/c1-8-22-17(21)14-11-23-16(12(2)3)19(14)15(20)9-13(4)10-18(5,6)7/h12-14,16H,8-11H2,1-7H3. The number of carbonyl (C=O) groups excluding carboxylic acids is 2. The van der Waals surface area contributed by atoms with Crippen LogP contribution in [-0.2, 0) is 14.3 Å². The first-order chi connectivity index (χ1) is 10.6. The van der Waals surface area contributed by atoms with Crippen LogP contribution in [0.3, 0.4) is 0 Å². The van der Waals surface area contributed by atoms with E-state index in [1.54, 1.807) is 23.6 Å². The SMILES string of the molecule is CCOC(=O)C1CSC(C(C)C)N1C(=O)CC(C)CC(C)(C)C. The molecule has 0 aliphatic carbocycles. The molecule has 0 N–H and O–H groups in total. The van der Waals surface area contributed by atoms with E-state index in [1.165, 1.54) is 0 Å². The molecule has 1 fully saturated rings. The lowest BCUT2D eigenvalue weighted by Crippen LogP contribution is -2.48. The Morgan fingerprint density at radius 1 is 1.26 bits per heavy atom. The second-order valence-corrected chi connectivity index (χ2v) is 9.26. The molecule has 3 unspecified atom stereocenters. The van der Waals surface area contributed by atoms with Crippen LogP contribution in [0.5, 0.6) is 0 Å². The highest BCUT2D eigenvalue weighted by atomic mass is 32.2. The molecule has 4 nitrogen and oxygen atoms in total. The van der Waals surface area contributed by atoms with Crippen LogP contribution in [0, 0.1) is 17.3 Å². The number of hydrogen-bond acceptors (Lipinski definition) is 4. The predicted octanol–water partition coefficient (Wildman–Crippen LogP) is 3.94. The van der Waals surface area contributed by atoms with Gasteiger partial charge in [-0.05, 0) is 30.6 Å². The van der Waals surface area contributed by atoms with E-state index in [4.69, 9.17) is 4.74 Å². The molecule has 1 saturated heterocycles. The molecule has 0 spiro atoms. The Kier molecular flexibility index (Phi) is 7.43. The fourth-order valence-corrected chi connectivity index (χ4v) is 4.78. The van der Waals surface area contributed by atoms with Gasteiger partial charge >= 0.3 is 5.97 Å². The summed E-state index contributed by atoms with van der Waals surface area (Å²) in [6, 6.07) is -0.429. The monoisotopic (exact) mass is 343 g/mol. The maximum absolute atomic E-state index is 12.9. The lowest BCUT2D eigenvalue weighted by molar-refractivity contribution is -0.154. The van der Waals surface area contributed by atoms with Crippen molar-refractivity contribution in [1.82, 2.24) is 4.90 Å². The first-order valence-corrected chi connectivity index (χ1v) is 9.71. The van der Waals surface area contributed by atoms with Gasteiger partial charge in [0.1, 0.15) is 6.04 Å². The molecule has 0 saturated carbocycles. The number of carbonyl (C=O) groups is 2. The number of hydrogen-bond donors (Lipinski definition) is 0. The van der Waals surface area contributed by atoms with E-state index >= 15 is 0 Å². The van der Waals surface area contributed by atoms with Gasteiger partial charge in [-0.3, -0.25) is 4.79 Å². The van der Waals surface area contributed by atoms with Gasteiger partial charge in [0.05, 0.1) is 12.0 Å². The van der Waals surface area contributed by atoms with Crippen molar-refractivity contribution in [3.8, 4) is 0 Å². The summed E-state index contributed by atoms with van der Waals surface area (Å²) in [6.45, 7) is 15.1. The van der Waals surface area contributed by atoms with Crippen LogP contribution in [0.1, 0.15) is 61.3 Å². The summed E-state index contributed by atoms with van der Waals surface area (Å²) in [5, 5.41) is 0.0683. The fraction of sp³-hybridized carbons (Fsp3) is 0.889. The van der Waals surface area contributed by atoms with Crippen LogP contribution < -0.4 is 0 Å². The summed E-state index contributed by atoms with van der Waals surface area (Å²) in [4.78, 5) is 26.9. The molecule has 1 aliphatic rings. The van der Waals surface area contributed by atoms with Gasteiger partial charge in [-0.25, -0.2) is 4.79 Å². The van der Waals surface area contributed by atoms with Crippen LogP contribution >= 0.6 is 11.8 Å². The maximum atomic E-state index is 12.9. The number of amides is 1. The van der Waals surface area contributed by atoms with Gasteiger partial charge in [-0.1, -0.05) is 41.5 Å². The van der Waals surface area contributed by atoms with Crippen LogP contribution in [0.25, 0.3) is 0 Å². The summed E-state index contributed by atoms with van der Waals surface area (Å²) in [5.41, 5.74) is 0.206. The van der Waals surface area contributed by atoms with E-state index in [2.05, 4.69) is 41.5 Å². The van der Waals surface area contributed by atoms with Crippen molar-refractivity contribution >= 4 is 23.6 Å². The van der Waals surface area contributed by atoms with Gasteiger partial charge in [-0.2, -0.15) is 0 Å². The quantitative estimate of drug-likeness (QED) is 0.685. The highest BCUT2D eigenvalue weighted by molar-refractivity contribution is 8.00. The number of nitrogens with zero attached hydrogens (tertiary/aromatic N) is 1. The molecule has 1 heterocycles. The van der Waals surface area contributed by atoms with Crippen molar-refractivity contribution < 1.29 is 14.3 Å². The Bertz CT molecular complexity index is 417. The van der Waals surface area contributed by atoms with Crippen molar-refractivity contribution in [2.24, 2.45) is 17.3 Å². The highest BCUT2D eigenvalue weighted by Crippen LogP contribution is 2.36. The molecule has 0 radical (unpaired) electrons. The third-order valence-electron chi connectivity index (χ3n) is 3.94. The maximum Gasteiger partial charge on any atom is 0.329 e. The molecule has 1 amide bonds. The fourth-order valence-electron chi connectivity index (χ4n) is 3.30. The van der Waals surface area contributed by atoms with Crippen LogP contribution in [-0.4, -0.2) is 40.6 Å². The molecule has 1 aliphatic heterocycles. The zero-order valence-corrected chi connectivity index (χ0v) is 16.5. The van der Waals surface area contributed by atoms with Crippen LogP contribution in [0.4, 0.5) is 0 Å². The third-order valence-corrected chi connectivity index (χ3v) is 5.56. The van der Waals surface area contributed by atoms with Gasteiger partial charge in [0.25, 0.3) is 0 Å². The van der Waals surface area contributed by atoms with Crippen molar-refractivity contribution in [2.75, 3.05) is 12.4 Å². The average Bonchev–Trinajstić information content (AvgIpc) is 2.81. The van der Waals surface area contributed by atoms with Gasteiger partial charge in [0.2, 0.25) is 5.91 Å². The zero-order chi connectivity index (χ0) is 17.8. The van der Waals surface area contributed by atoms with E-state index in [0.29, 0.717) is 30.6 Å². The van der Waals surface area contributed by atoms with E-state index < -0.39 is 6.04 Å². The summed E-state index contributed by atoms with van der Waals surface area (Å²) in [7, 11) is 0. The normalized spacial score (nSPS) is 23.2. The molecule has 5 heteroatoms. The smallest absolute Gasteiger partial charge is 0.329 e. The molecule has 23 heavy (non-hydrogen) atoms. The number of rotatable bonds is 6. The van der Waals surface area contributed by atoms with Crippen LogP contribution in [0.15, 0.2) is 0 Å². The Hall–Kier alpha value is -0.710. The van der Waals surface area contributed by atoms with Gasteiger partial charge in [-0.15, -0.1) is 11.8 Å². The minimum Gasteiger partial charge on any atom is -0.464 e. The summed E-state index contributed by atoms with van der Waals surface area (Å²) in [5.74, 6) is 1.09. The van der Waals surface area contributed by atoms with Gasteiger partial charge < -0.3 is 9.64 Å². The van der Waals surface area contributed by atoms with E-state index in [-0.39, 0.29) is 22.7 Å². The zero-order valence-electron chi connectivity index (χ0n) is 15.7. The predicted molar refractivity (Wildman–Crippen MR) is 96.2 cm³/mol. The lowest BCUT2D eigenvalue weighted by Gasteiger charge is -2.32. The highest BCUT2D eigenvalue weighted by Gasteiger charge is 2.43. The number of ether oxygens (including phenoxy) is 1. The van der Waals surface area contributed by atoms with Crippen molar-refractivity contribution in [3.05, 3.63) is 0 Å². The second kappa shape index (κ2) is 8.41. The molecule has 0 aromatic heterocycles. The summed E-state index contributed by atoms with van der Waals surface area (Å²) in [6.07, 6.45) is 1.49. The van der Waals surface area contributed by atoms with Gasteiger partial charge in [0, 0.05) is 12.2 Å². The van der Waals surface area contributed by atoms with E-state index in [0.717, 1.165) is 6.42 Å². The van der Waals surface area contributed by atoms with Crippen molar-refractivity contribution in [3.63, 3.8) is 0 Å². The largest absolute Gasteiger partial charge is 0.464 e.